The fourth-order valence-corrected chi connectivity index (χ4v) is 3.70. The van der Waals surface area contributed by atoms with Crippen LogP contribution in [-0.4, -0.2) is 41.1 Å². The number of hydrogen-bond acceptors (Lipinski definition) is 4. The molecule has 10 heteroatoms. The van der Waals surface area contributed by atoms with Crippen molar-refractivity contribution in [2.75, 3.05) is 18.5 Å². The summed E-state index contributed by atoms with van der Waals surface area (Å²) >= 11 is 0. The molecule has 1 amide bonds. The molecule has 1 aromatic carbocycles. The number of hydrogen-bond donors (Lipinski definition) is 2. The van der Waals surface area contributed by atoms with E-state index in [0.717, 1.165) is 17.5 Å². The summed E-state index contributed by atoms with van der Waals surface area (Å²) in [5.74, 6) is -0.925. The number of nitrogens with zero attached hydrogens (tertiary/aromatic N) is 2. The van der Waals surface area contributed by atoms with E-state index < -0.39 is 30.0 Å². The molecule has 29 heavy (non-hydrogen) atoms. The second-order valence-corrected chi connectivity index (χ2v) is 7.25. The summed E-state index contributed by atoms with van der Waals surface area (Å²) in [5, 5.41) is 9.55. The van der Waals surface area contributed by atoms with Gasteiger partial charge < -0.3 is 15.4 Å². The molecule has 3 heterocycles. The molecule has 6 nitrogen and oxygen atoms in total. The Hall–Kier alpha value is -2.62. The van der Waals surface area contributed by atoms with Crippen molar-refractivity contribution in [1.29, 1.82) is 0 Å². The lowest BCUT2D eigenvalue weighted by Crippen LogP contribution is -2.36. The van der Waals surface area contributed by atoms with Crippen LogP contribution >= 0.6 is 0 Å². The van der Waals surface area contributed by atoms with Crippen LogP contribution < -0.4 is 10.6 Å². The predicted octanol–water partition coefficient (Wildman–Crippen LogP) is 3.59. The summed E-state index contributed by atoms with van der Waals surface area (Å²) in [6, 6.07) is 4.02. The van der Waals surface area contributed by atoms with Crippen LogP contribution in [0.5, 0.6) is 0 Å². The smallest absolute Gasteiger partial charge is 0.376 e. The number of rotatable bonds is 4. The number of carbonyl (C=O) groups excluding carboxylic acids is 1. The van der Waals surface area contributed by atoms with E-state index in [9.17, 15) is 22.4 Å². The van der Waals surface area contributed by atoms with Crippen molar-refractivity contribution in [3.8, 4) is 0 Å². The van der Waals surface area contributed by atoms with Gasteiger partial charge in [-0.25, -0.2) is 9.07 Å². The van der Waals surface area contributed by atoms with E-state index >= 15 is 0 Å². The highest BCUT2D eigenvalue weighted by atomic mass is 19.4. The average Bonchev–Trinajstić information content (AvgIpc) is 3.34. The van der Waals surface area contributed by atoms with Crippen molar-refractivity contribution in [3.05, 3.63) is 47.4 Å². The van der Waals surface area contributed by atoms with Gasteiger partial charge in [0.25, 0.3) is 5.91 Å². The van der Waals surface area contributed by atoms with E-state index in [-0.39, 0.29) is 30.6 Å². The van der Waals surface area contributed by atoms with Gasteiger partial charge in [0.1, 0.15) is 11.6 Å². The molecule has 0 unspecified atom stereocenters. The van der Waals surface area contributed by atoms with Gasteiger partial charge in [-0.3, -0.25) is 4.79 Å². The van der Waals surface area contributed by atoms with Crippen LogP contribution in [0.3, 0.4) is 0 Å². The standard InChI is InChI=1S/C19H20F4N4O2/c20-12-5-3-11(4-6-12)14-8-16(19(21,22)23)27-17(25-14)9-15(26-27)18(28)24-10-13-2-1-7-29-13/h3-6,9,13-14,16,25H,1-2,7-8,10H2,(H,24,28)/t13-,14+,16-/m1/s1. The first-order valence-corrected chi connectivity index (χ1v) is 9.39. The first-order chi connectivity index (χ1) is 13.8. The van der Waals surface area contributed by atoms with E-state index in [1.807, 2.05) is 0 Å². The van der Waals surface area contributed by atoms with Crippen molar-refractivity contribution >= 4 is 11.7 Å². The zero-order valence-corrected chi connectivity index (χ0v) is 15.4. The van der Waals surface area contributed by atoms with Crippen molar-refractivity contribution in [2.24, 2.45) is 0 Å². The van der Waals surface area contributed by atoms with Crippen LogP contribution in [0.2, 0.25) is 0 Å². The molecule has 2 N–H and O–H groups in total. The number of amides is 1. The van der Waals surface area contributed by atoms with Gasteiger partial charge >= 0.3 is 6.18 Å². The zero-order chi connectivity index (χ0) is 20.6. The van der Waals surface area contributed by atoms with E-state index in [2.05, 4.69) is 15.7 Å². The molecule has 2 aliphatic rings. The molecule has 0 aliphatic carbocycles. The Morgan fingerprint density at radius 1 is 1.31 bits per heavy atom. The molecular weight excluding hydrogens is 392 g/mol. The van der Waals surface area contributed by atoms with Gasteiger partial charge in [0.15, 0.2) is 11.7 Å². The van der Waals surface area contributed by atoms with Crippen molar-refractivity contribution in [2.45, 2.75) is 43.6 Å². The van der Waals surface area contributed by atoms with Gasteiger partial charge in [-0.2, -0.15) is 18.3 Å². The highest BCUT2D eigenvalue weighted by molar-refractivity contribution is 5.93. The maximum absolute atomic E-state index is 13.7. The van der Waals surface area contributed by atoms with Gasteiger partial charge in [0.05, 0.1) is 12.1 Å². The number of aromatic nitrogens is 2. The van der Waals surface area contributed by atoms with Gasteiger partial charge in [-0.1, -0.05) is 12.1 Å². The van der Waals surface area contributed by atoms with Crippen molar-refractivity contribution < 1.29 is 27.1 Å². The van der Waals surface area contributed by atoms with Crippen LogP contribution in [0.4, 0.5) is 23.4 Å². The molecule has 0 bridgehead atoms. The number of fused-ring (bicyclic) bond motifs is 1. The molecule has 156 valence electrons. The van der Waals surface area contributed by atoms with E-state index in [1.54, 1.807) is 0 Å². The average molecular weight is 412 g/mol. The Morgan fingerprint density at radius 3 is 2.72 bits per heavy atom. The van der Waals surface area contributed by atoms with Crippen LogP contribution in [0, 0.1) is 5.82 Å². The maximum atomic E-state index is 13.7. The molecule has 4 rings (SSSR count). The number of ether oxygens (including phenoxy) is 1. The molecule has 2 aliphatic heterocycles. The number of alkyl halides is 3. The lowest BCUT2D eigenvalue weighted by atomic mass is 9.97. The Bertz CT molecular complexity index is 875. The highest BCUT2D eigenvalue weighted by Gasteiger charge is 2.46. The summed E-state index contributed by atoms with van der Waals surface area (Å²) in [7, 11) is 0. The predicted molar refractivity (Wildman–Crippen MR) is 96.0 cm³/mol. The van der Waals surface area contributed by atoms with Crippen LogP contribution in [0.25, 0.3) is 0 Å². The second-order valence-electron chi connectivity index (χ2n) is 7.25. The van der Waals surface area contributed by atoms with Crippen molar-refractivity contribution in [1.82, 2.24) is 15.1 Å². The number of halogens is 4. The molecular formula is C19H20F4N4O2. The van der Waals surface area contributed by atoms with E-state index in [1.165, 1.54) is 30.3 Å². The number of nitrogens with one attached hydrogen (secondary N) is 2. The number of benzene rings is 1. The lowest BCUT2D eigenvalue weighted by molar-refractivity contribution is -0.173. The highest BCUT2D eigenvalue weighted by Crippen LogP contribution is 2.43. The molecule has 1 fully saturated rings. The summed E-state index contributed by atoms with van der Waals surface area (Å²) in [4.78, 5) is 12.4. The molecule has 1 saturated heterocycles. The Kier molecular flexibility index (Phi) is 5.20. The van der Waals surface area contributed by atoms with Gasteiger partial charge in [-0.15, -0.1) is 0 Å². The molecule has 0 radical (unpaired) electrons. The third-order valence-electron chi connectivity index (χ3n) is 5.21. The minimum absolute atomic E-state index is 0.0832. The molecule has 1 aromatic heterocycles. The van der Waals surface area contributed by atoms with Crippen LogP contribution in [-0.2, 0) is 4.74 Å². The monoisotopic (exact) mass is 412 g/mol. The first kappa shape index (κ1) is 19.7. The fourth-order valence-electron chi connectivity index (χ4n) is 3.70. The Morgan fingerprint density at radius 2 is 2.07 bits per heavy atom. The Labute approximate surface area is 164 Å². The lowest BCUT2D eigenvalue weighted by Gasteiger charge is -2.33. The number of anilines is 1. The Balaban J connectivity index is 1.56. The topological polar surface area (TPSA) is 68.2 Å². The first-order valence-electron chi connectivity index (χ1n) is 9.39. The SMILES string of the molecule is O=C(NC[C@H]1CCCO1)c1cc2n(n1)[C@@H](C(F)(F)F)C[C@@H](c1ccc(F)cc1)N2. The third-order valence-corrected chi connectivity index (χ3v) is 5.21. The van der Waals surface area contributed by atoms with E-state index in [0.29, 0.717) is 12.2 Å². The van der Waals surface area contributed by atoms with Gasteiger partial charge in [-0.05, 0) is 30.5 Å². The second kappa shape index (κ2) is 7.66. The summed E-state index contributed by atoms with van der Waals surface area (Å²) in [5.41, 5.74) is 0.428. The largest absolute Gasteiger partial charge is 0.410 e. The normalized spacial score (nSPS) is 24.1. The number of carbonyl (C=O) groups is 1. The summed E-state index contributed by atoms with van der Waals surface area (Å²) in [6.07, 6.45) is -3.20. The zero-order valence-electron chi connectivity index (χ0n) is 15.4. The summed E-state index contributed by atoms with van der Waals surface area (Å²) in [6.45, 7) is 0.927. The minimum atomic E-state index is -4.55. The van der Waals surface area contributed by atoms with Gasteiger partial charge in [0, 0.05) is 25.6 Å². The fraction of sp³-hybridized carbons (Fsp3) is 0.474. The van der Waals surface area contributed by atoms with Crippen LogP contribution in [0.15, 0.2) is 30.3 Å². The summed E-state index contributed by atoms with van der Waals surface area (Å²) < 4.78 is 60.4. The molecule has 0 saturated carbocycles. The maximum Gasteiger partial charge on any atom is 0.410 e. The van der Waals surface area contributed by atoms with E-state index in [4.69, 9.17) is 4.74 Å². The molecule has 3 atom stereocenters. The quantitative estimate of drug-likeness (QED) is 0.754. The van der Waals surface area contributed by atoms with Crippen LogP contribution in [0.1, 0.15) is 47.4 Å². The molecule has 2 aromatic rings. The van der Waals surface area contributed by atoms with Crippen molar-refractivity contribution in [3.63, 3.8) is 0 Å². The van der Waals surface area contributed by atoms with Gasteiger partial charge in [0.2, 0.25) is 0 Å². The minimum Gasteiger partial charge on any atom is -0.376 e. The third kappa shape index (κ3) is 4.21. The molecule has 0 spiro atoms.